The Balaban J connectivity index is 2.36. The zero-order chi connectivity index (χ0) is 9.26. The Morgan fingerprint density at radius 3 is 3.31 bits per heavy atom. The zero-order valence-corrected chi connectivity index (χ0v) is 7.29. The molecule has 0 aromatic carbocycles. The zero-order valence-electron chi connectivity index (χ0n) is 7.29. The van der Waals surface area contributed by atoms with Crippen LogP contribution >= 0.6 is 0 Å². The van der Waals surface area contributed by atoms with Gasteiger partial charge in [-0.15, -0.1) is 0 Å². The van der Waals surface area contributed by atoms with E-state index >= 15 is 0 Å². The van der Waals surface area contributed by atoms with Crippen molar-refractivity contribution in [2.75, 3.05) is 19.0 Å². The molecule has 13 heavy (non-hydrogen) atoms. The van der Waals surface area contributed by atoms with Crippen LogP contribution < -0.4 is 5.32 Å². The SMILES string of the molecule is COC(=O)c1noc2c1NCCC2. The number of fused-ring (bicyclic) bond motifs is 1. The fourth-order valence-electron chi connectivity index (χ4n) is 1.38. The fourth-order valence-corrected chi connectivity index (χ4v) is 1.38. The topological polar surface area (TPSA) is 64.4 Å². The number of methoxy groups -OCH3 is 1. The van der Waals surface area contributed by atoms with Crippen molar-refractivity contribution >= 4 is 11.7 Å². The standard InChI is InChI=1S/C8H10N2O3/c1-12-8(11)7-6-5(13-10-7)3-2-4-9-6/h9H,2-4H2,1H3. The molecule has 5 nitrogen and oxygen atoms in total. The maximum absolute atomic E-state index is 11.2. The van der Waals surface area contributed by atoms with Crippen molar-refractivity contribution < 1.29 is 14.1 Å². The lowest BCUT2D eigenvalue weighted by Gasteiger charge is -2.11. The summed E-state index contributed by atoms with van der Waals surface area (Å²) in [6.07, 6.45) is 1.83. The Morgan fingerprint density at radius 2 is 2.54 bits per heavy atom. The number of aromatic nitrogens is 1. The van der Waals surface area contributed by atoms with E-state index in [2.05, 4.69) is 15.2 Å². The van der Waals surface area contributed by atoms with E-state index < -0.39 is 5.97 Å². The molecule has 0 atom stereocenters. The van der Waals surface area contributed by atoms with Gasteiger partial charge in [-0.1, -0.05) is 5.16 Å². The number of rotatable bonds is 1. The van der Waals surface area contributed by atoms with E-state index in [0.29, 0.717) is 5.69 Å². The van der Waals surface area contributed by atoms with Gasteiger partial charge in [-0.25, -0.2) is 4.79 Å². The van der Waals surface area contributed by atoms with E-state index in [1.807, 2.05) is 0 Å². The Hall–Kier alpha value is -1.52. The number of hydrogen-bond donors (Lipinski definition) is 1. The van der Waals surface area contributed by atoms with E-state index in [4.69, 9.17) is 4.52 Å². The summed E-state index contributed by atoms with van der Waals surface area (Å²) in [4.78, 5) is 11.2. The molecular weight excluding hydrogens is 172 g/mol. The normalized spacial score (nSPS) is 14.5. The van der Waals surface area contributed by atoms with Gasteiger partial charge in [-0.3, -0.25) is 0 Å². The molecule has 0 aliphatic carbocycles. The number of hydrogen-bond acceptors (Lipinski definition) is 5. The molecule has 2 rings (SSSR count). The van der Waals surface area contributed by atoms with Crippen LogP contribution in [0.2, 0.25) is 0 Å². The van der Waals surface area contributed by atoms with Gasteiger partial charge < -0.3 is 14.6 Å². The van der Waals surface area contributed by atoms with E-state index in [1.54, 1.807) is 0 Å². The Morgan fingerprint density at radius 1 is 1.69 bits per heavy atom. The molecule has 0 bridgehead atoms. The molecular formula is C8H10N2O3. The maximum Gasteiger partial charge on any atom is 0.362 e. The van der Waals surface area contributed by atoms with Gasteiger partial charge in [0.05, 0.1) is 7.11 Å². The second kappa shape index (κ2) is 3.08. The number of carbonyl (C=O) groups excluding carboxylic acids is 1. The van der Waals surface area contributed by atoms with Gasteiger partial charge in [0.1, 0.15) is 5.69 Å². The van der Waals surface area contributed by atoms with Crippen LogP contribution in [0.15, 0.2) is 4.52 Å². The molecule has 0 saturated carbocycles. The Bertz CT molecular complexity index is 332. The number of nitrogens with one attached hydrogen (secondary N) is 1. The smallest absolute Gasteiger partial charge is 0.362 e. The first-order valence-corrected chi connectivity index (χ1v) is 4.13. The van der Waals surface area contributed by atoms with Crippen molar-refractivity contribution in [3.8, 4) is 0 Å². The summed E-state index contributed by atoms with van der Waals surface area (Å²) in [7, 11) is 1.33. The second-order valence-corrected chi connectivity index (χ2v) is 2.85. The molecule has 0 fully saturated rings. The lowest BCUT2D eigenvalue weighted by molar-refractivity contribution is 0.0590. The van der Waals surface area contributed by atoms with E-state index in [9.17, 15) is 4.79 Å². The molecule has 2 heterocycles. The molecule has 0 unspecified atom stereocenters. The minimum Gasteiger partial charge on any atom is -0.464 e. The first-order chi connectivity index (χ1) is 6.33. The third-order valence-corrected chi connectivity index (χ3v) is 2.02. The van der Waals surface area contributed by atoms with Crippen molar-refractivity contribution in [1.29, 1.82) is 0 Å². The van der Waals surface area contributed by atoms with Gasteiger partial charge in [0.15, 0.2) is 5.76 Å². The molecule has 1 aromatic heterocycles. The minimum atomic E-state index is -0.459. The summed E-state index contributed by atoms with van der Waals surface area (Å²) in [6, 6.07) is 0. The minimum absolute atomic E-state index is 0.247. The van der Waals surface area contributed by atoms with Crippen LogP contribution in [0.1, 0.15) is 22.7 Å². The molecule has 1 N–H and O–H groups in total. The van der Waals surface area contributed by atoms with Gasteiger partial charge >= 0.3 is 5.97 Å². The van der Waals surface area contributed by atoms with Gasteiger partial charge in [-0.2, -0.15) is 0 Å². The van der Waals surface area contributed by atoms with Crippen molar-refractivity contribution in [3.63, 3.8) is 0 Å². The highest BCUT2D eigenvalue weighted by atomic mass is 16.5. The molecule has 1 aliphatic heterocycles. The number of anilines is 1. The molecule has 1 aromatic rings. The van der Waals surface area contributed by atoms with Gasteiger partial charge in [0, 0.05) is 13.0 Å². The first kappa shape index (κ1) is 8.10. The maximum atomic E-state index is 11.2. The van der Waals surface area contributed by atoms with Crippen LogP contribution in [0.5, 0.6) is 0 Å². The summed E-state index contributed by atoms with van der Waals surface area (Å²) < 4.78 is 9.56. The van der Waals surface area contributed by atoms with E-state index in [-0.39, 0.29) is 5.69 Å². The summed E-state index contributed by atoms with van der Waals surface area (Å²) in [5, 5.41) is 6.73. The largest absolute Gasteiger partial charge is 0.464 e. The average molecular weight is 182 g/mol. The molecule has 0 saturated heterocycles. The highest BCUT2D eigenvalue weighted by Crippen LogP contribution is 2.25. The van der Waals surface area contributed by atoms with Gasteiger partial charge in [0.2, 0.25) is 5.69 Å². The number of nitrogens with zero attached hydrogens (tertiary/aromatic N) is 1. The number of aryl methyl sites for hydroxylation is 1. The second-order valence-electron chi connectivity index (χ2n) is 2.85. The molecule has 0 radical (unpaired) electrons. The summed E-state index contributed by atoms with van der Waals surface area (Å²) in [5.41, 5.74) is 0.940. The molecule has 70 valence electrons. The highest BCUT2D eigenvalue weighted by molar-refractivity contribution is 5.93. The lowest BCUT2D eigenvalue weighted by atomic mass is 10.1. The highest BCUT2D eigenvalue weighted by Gasteiger charge is 2.24. The number of carbonyl (C=O) groups is 1. The molecule has 0 amide bonds. The van der Waals surface area contributed by atoms with Crippen LogP contribution in [0, 0.1) is 0 Å². The number of esters is 1. The first-order valence-electron chi connectivity index (χ1n) is 4.13. The predicted octanol–water partition coefficient (Wildman–Crippen LogP) is 0.819. The quantitative estimate of drug-likeness (QED) is 0.651. The third-order valence-electron chi connectivity index (χ3n) is 2.02. The van der Waals surface area contributed by atoms with Crippen molar-refractivity contribution in [1.82, 2.24) is 5.16 Å². The average Bonchev–Trinajstić information content (AvgIpc) is 2.60. The van der Waals surface area contributed by atoms with E-state index in [0.717, 1.165) is 25.1 Å². The summed E-state index contributed by atoms with van der Waals surface area (Å²) in [6.45, 7) is 0.845. The third kappa shape index (κ3) is 1.26. The fraction of sp³-hybridized carbons (Fsp3) is 0.500. The van der Waals surface area contributed by atoms with Crippen LogP contribution in [-0.2, 0) is 11.2 Å². The van der Waals surface area contributed by atoms with Gasteiger partial charge in [-0.05, 0) is 6.42 Å². The van der Waals surface area contributed by atoms with Gasteiger partial charge in [0.25, 0.3) is 0 Å². The van der Waals surface area contributed by atoms with Crippen LogP contribution in [-0.4, -0.2) is 24.8 Å². The van der Waals surface area contributed by atoms with Crippen LogP contribution in [0.25, 0.3) is 0 Å². The van der Waals surface area contributed by atoms with Crippen LogP contribution in [0.3, 0.4) is 0 Å². The van der Waals surface area contributed by atoms with Crippen molar-refractivity contribution in [3.05, 3.63) is 11.5 Å². The lowest BCUT2D eigenvalue weighted by Crippen LogP contribution is -2.13. The monoisotopic (exact) mass is 182 g/mol. The summed E-state index contributed by atoms with van der Waals surface area (Å²) >= 11 is 0. The molecule has 1 aliphatic rings. The molecule has 0 spiro atoms. The Labute approximate surface area is 75.0 Å². The predicted molar refractivity (Wildman–Crippen MR) is 44.7 cm³/mol. The van der Waals surface area contributed by atoms with Crippen LogP contribution in [0.4, 0.5) is 5.69 Å². The molecule has 5 heteroatoms. The van der Waals surface area contributed by atoms with E-state index in [1.165, 1.54) is 7.11 Å². The summed E-state index contributed by atoms with van der Waals surface area (Å²) in [5.74, 6) is 0.283. The van der Waals surface area contributed by atoms with Crippen molar-refractivity contribution in [2.45, 2.75) is 12.8 Å². The van der Waals surface area contributed by atoms with Crippen molar-refractivity contribution in [2.24, 2.45) is 0 Å². The number of ether oxygens (including phenoxy) is 1. The Kier molecular flexibility index (Phi) is 1.92.